The minimum atomic E-state index is -0.166. The van der Waals surface area contributed by atoms with Crippen molar-refractivity contribution in [3.05, 3.63) is 23.5 Å². The molecule has 0 unspecified atom stereocenters. The summed E-state index contributed by atoms with van der Waals surface area (Å²) in [5.41, 5.74) is 7.25. The molecule has 1 fully saturated rings. The van der Waals surface area contributed by atoms with Crippen LogP contribution in [0.5, 0.6) is 0 Å². The first-order chi connectivity index (χ1) is 7.67. The number of hydrogen-bond donors (Lipinski definition) is 3. The first-order valence-electron chi connectivity index (χ1n) is 5.83. The van der Waals surface area contributed by atoms with Gasteiger partial charge in [0.15, 0.2) is 0 Å². The van der Waals surface area contributed by atoms with Crippen molar-refractivity contribution in [3.8, 4) is 0 Å². The number of carbonyl (C=O) groups is 1. The molecule has 1 aliphatic rings. The smallest absolute Gasteiger partial charge is 0.253 e. The maximum atomic E-state index is 12.1. The van der Waals surface area contributed by atoms with E-state index in [1.54, 1.807) is 6.20 Å². The van der Waals surface area contributed by atoms with E-state index in [0.29, 0.717) is 6.54 Å². The quantitative estimate of drug-likeness (QED) is 0.772. The maximum absolute atomic E-state index is 12.1. The van der Waals surface area contributed by atoms with Crippen LogP contribution in [0.3, 0.4) is 0 Å². The molecule has 1 amide bonds. The van der Waals surface area contributed by atoms with E-state index in [2.05, 4.69) is 10.3 Å². The van der Waals surface area contributed by atoms with E-state index in [0.717, 1.165) is 36.9 Å². The van der Waals surface area contributed by atoms with Crippen molar-refractivity contribution < 1.29 is 4.79 Å². The number of carbonyl (C=O) groups excluding carboxylic acids is 1. The van der Waals surface area contributed by atoms with Crippen LogP contribution in [0.4, 0.5) is 0 Å². The van der Waals surface area contributed by atoms with Crippen molar-refractivity contribution >= 4 is 18.3 Å². The van der Waals surface area contributed by atoms with Crippen LogP contribution in [0.25, 0.3) is 0 Å². The summed E-state index contributed by atoms with van der Waals surface area (Å²) in [5, 5.41) is 3.10. The highest BCUT2D eigenvalue weighted by Gasteiger charge is 2.34. The highest BCUT2D eigenvalue weighted by atomic mass is 35.5. The molecular weight excluding hydrogens is 238 g/mol. The SMILES string of the molecule is Cc1[nH]ccc1C(=O)NC1(CN)CCCC1.Cl. The Bertz CT molecular complexity index is 383. The number of aryl methyl sites for hydroxylation is 1. The largest absolute Gasteiger partial charge is 0.365 e. The first kappa shape index (κ1) is 14.1. The molecular formula is C12H20ClN3O. The van der Waals surface area contributed by atoms with Crippen molar-refractivity contribution in [2.75, 3.05) is 6.54 Å². The highest BCUT2D eigenvalue weighted by molar-refractivity contribution is 5.95. The Morgan fingerprint density at radius 3 is 2.65 bits per heavy atom. The maximum Gasteiger partial charge on any atom is 0.253 e. The number of nitrogens with two attached hydrogens (primary N) is 1. The fourth-order valence-electron chi connectivity index (χ4n) is 2.44. The van der Waals surface area contributed by atoms with Crippen LogP contribution in [0.1, 0.15) is 41.7 Å². The summed E-state index contributed by atoms with van der Waals surface area (Å²) in [6.07, 6.45) is 6.10. The van der Waals surface area contributed by atoms with Crippen LogP contribution in [0.2, 0.25) is 0 Å². The minimum Gasteiger partial charge on any atom is -0.365 e. The monoisotopic (exact) mass is 257 g/mol. The average molecular weight is 258 g/mol. The number of aromatic amines is 1. The second-order valence-corrected chi connectivity index (χ2v) is 4.66. The van der Waals surface area contributed by atoms with Crippen LogP contribution < -0.4 is 11.1 Å². The topological polar surface area (TPSA) is 70.9 Å². The van der Waals surface area contributed by atoms with Crippen LogP contribution in [-0.4, -0.2) is 23.0 Å². The van der Waals surface area contributed by atoms with Gasteiger partial charge in [-0.15, -0.1) is 12.4 Å². The van der Waals surface area contributed by atoms with E-state index in [1.165, 1.54) is 0 Å². The van der Waals surface area contributed by atoms with Gasteiger partial charge in [0, 0.05) is 18.4 Å². The number of rotatable bonds is 3. The third kappa shape index (κ3) is 2.82. The molecule has 96 valence electrons. The van der Waals surface area contributed by atoms with Crippen molar-refractivity contribution in [2.24, 2.45) is 5.73 Å². The Hall–Kier alpha value is -1.00. The molecule has 0 aliphatic heterocycles. The van der Waals surface area contributed by atoms with Gasteiger partial charge in [0.05, 0.1) is 11.1 Å². The molecule has 0 saturated heterocycles. The Balaban J connectivity index is 0.00000144. The standard InChI is InChI=1S/C12H19N3O.ClH/c1-9-10(4-7-14-9)11(16)15-12(8-13)5-2-3-6-12;/h4,7,14H,2-3,5-6,8,13H2,1H3,(H,15,16);1H. The molecule has 4 nitrogen and oxygen atoms in total. The minimum absolute atomic E-state index is 0. The second-order valence-electron chi connectivity index (χ2n) is 4.66. The normalized spacial score (nSPS) is 17.5. The highest BCUT2D eigenvalue weighted by Crippen LogP contribution is 2.29. The zero-order valence-electron chi connectivity index (χ0n) is 10.1. The number of amides is 1. The van der Waals surface area contributed by atoms with Crippen LogP contribution in [0, 0.1) is 6.92 Å². The van der Waals surface area contributed by atoms with Gasteiger partial charge in [0.1, 0.15) is 0 Å². The fraction of sp³-hybridized carbons (Fsp3) is 0.583. The lowest BCUT2D eigenvalue weighted by molar-refractivity contribution is 0.0902. The second kappa shape index (κ2) is 5.56. The molecule has 1 heterocycles. The van der Waals surface area contributed by atoms with Gasteiger partial charge in [0.25, 0.3) is 5.91 Å². The van der Waals surface area contributed by atoms with E-state index in [4.69, 9.17) is 5.73 Å². The van der Waals surface area contributed by atoms with Gasteiger partial charge in [-0.05, 0) is 25.8 Å². The summed E-state index contributed by atoms with van der Waals surface area (Å²) in [6, 6.07) is 1.81. The molecule has 1 saturated carbocycles. The van der Waals surface area contributed by atoms with Gasteiger partial charge >= 0.3 is 0 Å². The predicted octanol–water partition coefficient (Wildman–Crippen LogP) is 1.75. The third-order valence-electron chi connectivity index (χ3n) is 3.53. The molecule has 0 radical (unpaired) electrons. The lowest BCUT2D eigenvalue weighted by Gasteiger charge is -2.28. The van der Waals surface area contributed by atoms with Crippen molar-refractivity contribution in [1.29, 1.82) is 0 Å². The van der Waals surface area contributed by atoms with Gasteiger partial charge in [-0.2, -0.15) is 0 Å². The lowest BCUT2D eigenvalue weighted by Crippen LogP contribution is -2.51. The number of nitrogens with one attached hydrogen (secondary N) is 2. The van der Waals surface area contributed by atoms with Gasteiger partial charge in [-0.25, -0.2) is 0 Å². The molecule has 0 atom stereocenters. The Kier molecular flexibility index (Phi) is 4.60. The summed E-state index contributed by atoms with van der Waals surface area (Å²) in [5.74, 6) is -0.00824. The number of H-pyrrole nitrogens is 1. The average Bonchev–Trinajstić information content (AvgIpc) is 2.87. The molecule has 0 aromatic carbocycles. The van der Waals surface area contributed by atoms with Crippen molar-refractivity contribution in [1.82, 2.24) is 10.3 Å². The Labute approximate surface area is 108 Å². The molecule has 17 heavy (non-hydrogen) atoms. The molecule has 4 N–H and O–H groups in total. The van der Waals surface area contributed by atoms with E-state index in [9.17, 15) is 4.79 Å². The van der Waals surface area contributed by atoms with Gasteiger partial charge in [-0.1, -0.05) is 12.8 Å². The molecule has 0 bridgehead atoms. The number of halogens is 1. The van der Waals surface area contributed by atoms with Crippen LogP contribution >= 0.6 is 12.4 Å². The van der Waals surface area contributed by atoms with Crippen molar-refractivity contribution in [3.63, 3.8) is 0 Å². The molecule has 5 heteroatoms. The number of aromatic nitrogens is 1. The van der Waals surface area contributed by atoms with Gasteiger partial charge in [-0.3, -0.25) is 4.79 Å². The zero-order valence-corrected chi connectivity index (χ0v) is 10.9. The summed E-state index contributed by atoms with van der Waals surface area (Å²) in [4.78, 5) is 15.1. The zero-order chi connectivity index (χ0) is 11.6. The molecule has 1 aromatic heterocycles. The van der Waals surface area contributed by atoms with E-state index >= 15 is 0 Å². The Morgan fingerprint density at radius 2 is 2.18 bits per heavy atom. The lowest BCUT2D eigenvalue weighted by atomic mass is 9.97. The van der Waals surface area contributed by atoms with Gasteiger partial charge in [0.2, 0.25) is 0 Å². The third-order valence-corrected chi connectivity index (χ3v) is 3.53. The Morgan fingerprint density at radius 1 is 1.53 bits per heavy atom. The number of hydrogen-bond acceptors (Lipinski definition) is 2. The summed E-state index contributed by atoms with van der Waals surface area (Å²) < 4.78 is 0. The summed E-state index contributed by atoms with van der Waals surface area (Å²) >= 11 is 0. The fourth-order valence-corrected chi connectivity index (χ4v) is 2.44. The molecule has 2 rings (SSSR count). The molecule has 1 aromatic rings. The summed E-state index contributed by atoms with van der Waals surface area (Å²) in [7, 11) is 0. The first-order valence-corrected chi connectivity index (χ1v) is 5.83. The predicted molar refractivity (Wildman–Crippen MR) is 70.5 cm³/mol. The molecule has 1 aliphatic carbocycles. The van der Waals surface area contributed by atoms with Gasteiger partial charge < -0.3 is 16.0 Å². The summed E-state index contributed by atoms with van der Waals surface area (Å²) in [6.45, 7) is 2.43. The van der Waals surface area contributed by atoms with E-state index in [1.807, 2.05) is 13.0 Å². The molecule has 0 spiro atoms. The van der Waals surface area contributed by atoms with Crippen LogP contribution in [-0.2, 0) is 0 Å². The van der Waals surface area contributed by atoms with E-state index in [-0.39, 0.29) is 23.9 Å². The van der Waals surface area contributed by atoms with Crippen LogP contribution in [0.15, 0.2) is 12.3 Å². The van der Waals surface area contributed by atoms with E-state index < -0.39 is 0 Å². The van der Waals surface area contributed by atoms with Crippen molar-refractivity contribution in [2.45, 2.75) is 38.1 Å².